The second kappa shape index (κ2) is 8.79. The third-order valence-electron chi connectivity index (χ3n) is 6.26. The summed E-state index contributed by atoms with van der Waals surface area (Å²) in [7, 11) is 0. The minimum Gasteiger partial charge on any atom is -0.492 e. The summed E-state index contributed by atoms with van der Waals surface area (Å²) in [4.78, 5) is 9.90. The van der Waals surface area contributed by atoms with Gasteiger partial charge >= 0.3 is 0 Å². The lowest BCUT2D eigenvalue weighted by Gasteiger charge is -2.40. The Labute approximate surface area is 203 Å². The highest BCUT2D eigenvalue weighted by atomic mass is 32.1. The number of aromatic hydroxyl groups is 1. The Morgan fingerprint density at radius 2 is 1.71 bits per heavy atom. The van der Waals surface area contributed by atoms with Gasteiger partial charge in [-0.3, -0.25) is 4.90 Å². The van der Waals surface area contributed by atoms with Crippen LogP contribution < -0.4 is 4.90 Å². The first-order chi connectivity index (χ1) is 17.1. The first kappa shape index (κ1) is 21.8. The van der Waals surface area contributed by atoms with Crippen molar-refractivity contribution in [2.45, 2.75) is 6.04 Å². The molecule has 1 unspecified atom stereocenters. The fraction of sp³-hybridized carbons (Fsp3) is 0.200. The van der Waals surface area contributed by atoms with Crippen LogP contribution in [-0.4, -0.2) is 50.8 Å². The van der Waals surface area contributed by atoms with Crippen molar-refractivity contribution in [3.8, 4) is 17.5 Å². The molecule has 1 N–H and O–H groups in total. The van der Waals surface area contributed by atoms with E-state index in [4.69, 9.17) is 4.42 Å². The minimum atomic E-state index is -0.507. The number of aromatic nitrogens is 3. The number of fused-ring (bicyclic) bond motifs is 1. The Balaban J connectivity index is 1.34. The van der Waals surface area contributed by atoms with Gasteiger partial charge in [0.15, 0.2) is 5.76 Å². The van der Waals surface area contributed by atoms with Gasteiger partial charge in [0.1, 0.15) is 11.6 Å². The van der Waals surface area contributed by atoms with Crippen molar-refractivity contribution in [1.82, 2.24) is 19.5 Å². The standard InChI is InChI=1S/C25H21F2N5O2S/c26-16-7-9-17(10-8-16)30-11-13-31(14-12-30)21(18-4-1-2-5-19(18)27)22-24(33)32-25(35-22)28-23(29-32)20-6-3-15-34-20/h1-10,15,21,33H,11-14H2. The van der Waals surface area contributed by atoms with Crippen molar-refractivity contribution in [2.24, 2.45) is 0 Å². The smallest absolute Gasteiger partial charge is 0.230 e. The number of piperazine rings is 1. The van der Waals surface area contributed by atoms with Gasteiger partial charge in [0, 0.05) is 37.4 Å². The summed E-state index contributed by atoms with van der Waals surface area (Å²) in [6.07, 6.45) is 1.54. The molecule has 0 spiro atoms. The molecular formula is C25H21F2N5O2S. The summed E-state index contributed by atoms with van der Waals surface area (Å²) < 4.78 is 35.1. The molecular weight excluding hydrogens is 472 g/mol. The lowest BCUT2D eigenvalue weighted by molar-refractivity contribution is 0.208. The van der Waals surface area contributed by atoms with E-state index < -0.39 is 6.04 Å². The second-order valence-corrected chi connectivity index (χ2v) is 9.33. The number of rotatable bonds is 5. The fourth-order valence-corrected chi connectivity index (χ4v) is 5.64. The molecule has 1 aliphatic heterocycles. The van der Waals surface area contributed by atoms with E-state index in [9.17, 15) is 9.50 Å². The first-order valence-electron chi connectivity index (χ1n) is 11.2. The monoisotopic (exact) mass is 493 g/mol. The van der Waals surface area contributed by atoms with Gasteiger partial charge < -0.3 is 14.4 Å². The van der Waals surface area contributed by atoms with E-state index >= 15 is 4.39 Å². The number of halogens is 2. The van der Waals surface area contributed by atoms with Gasteiger partial charge in [-0.2, -0.15) is 9.50 Å². The molecule has 1 aliphatic rings. The quantitative estimate of drug-likeness (QED) is 0.374. The molecule has 5 aromatic rings. The van der Waals surface area contributed by atoms with E-state index in [-0.39, 0.29) is 17.5 Å². The van der Waals surface area contributed by atoms with Crippen LogP contribution in [0.2, 0.25) is 0 Å². The van der Waals surface area contributed by atoms with Crippen LogP contribution in [0.15, 0.2) is 71.3 Å². The number of anilines is 1. The van der Waals surface area contributed by atoms with Crippen LogP contribution in [0, 0.1) is 11.6 Å². The second-order valence-electron chi connectivity index (χ2n) is 8.32. The Morgan fingerprint density at radius 1 is 0.943 bits per heavy atom. The zero-order chi connectivity index (χ0) is 23.9. The van der Waals surface area contributed by atoms with Crippen LogP contribution in [0.5, 0.6) is 5.88 Å². The zero-order valence-corrected chi connectivity index (χ0v) is 19.3. The van der Waals surface area contributed by atoms with Crippen LogP contribution in [0.3, 0.4) is 0 Å². The van der Waals surface area contributed by atoms with Crippen molar-refractivity contribution in [2.75, 3.05) is 31.1 Å². The number of hydrogen-bond acceptors (Lipinski definition) is 7. The molecule has 6 rings (SSSR count). The molecule has 4 heterocycles. The largest absolute Gasteiger partial charge is 0.492 e. The summed E-state index contributed by atoms with van der Waals surface area (Å²) >= 11 is 1.28. The van der Waals surface area contributed by atoms with Gasteiger partial charge in [-0.05, 0) is 42.5 Å². The van der Waals surface area contributed by atoms with E-state index in [1.54, 1.807) is 42.5 Å². The van der Waals surface area contributed by atoms with Crippen molar-refractivity contribution in [3.63, 3.8) is 0 Å². The molecule has 35 heavy (non-hydrogen) atoms. The molecule has 1 atom stereocenters. The SMILES string of the molecule is Oc1c(C(c2ccccc2F)N2CCN(c3ccc(F)cc3)CC2)sc2nc(-c3ccco3)nn12. The van der Waals surface area contributed by atoms with Crippen LogP contribution in [0.4, 0.5) is 14.5 Å². The fourth-order valence-electron chi connectivity index (χ4n) is 4.53. The molecule has 1 fully saturated rings. The van der Waals surface area contributed by atoms with E-state index in [2.05, 4.69) is 19.9 Å². The molecule has 0 radical (unpaired) electrons. The highest BCUT2D eigenvalue weighted by molar-refractivity contribution is 7.17. The number of hydrogen-bond donors (Lipinski definition) is 1. The Kier molecular flexibility index (Phi) is 5.46. The van der Waals surface area contributed by atoms with E-state index in [1.165, 1.54) is 40.3 Å². The van der Waals surface area contributed by atoms with Crippen molar-refractivity contribution in [3.05, 3.63) is 89.0 Å². The zero-order valence-electron chi connectivity index (χ0n) is 18.5. The lowest BCUT2D eigenvalue weighted by atomic mass is 10.0. The summed E-state index contributed by atoms with van der Waals surface area (Å²) in [6, 6.07) is 16.0. The molecule has 178 valence electrons. The predicted molar refractivity (Wildman–Crippen MR) is 129 cm³/mol. The Hall–Kier alpha value is -3.76. The molecule has 0 bridgehead atoms. The lowest BCUT2D eigenvalue weighted by Crippen LogP contribution is -2.48. The van der Waals surface area contributed by atoms with Gasteiger partial charge in [0.2, 0.25) is 16.7 Å². The summed E-state index contributed by atoms with van der Waals surface area (Å²) in [5.41, 5.74) is 1.43. The summed E-state index contributed by atoms with van der Waals surface area (Å²) in [5, 5.41) is 15.6. The van der Waals surface area contributed by atoms with Gasteiger partial charge in [-0.15, -0.1) is 5.10 Å². The molecule has 0 saturated carbocycles. The average molecular weight is 494 g/mol. The van der Waals surface area contributed by atoms with Crippen LogP contribution >= 0.6 is 11.3 Å². The highest BCUT2D eigenvalue weighted by Crippen LogP contribution is 2.41. The van der Waals surface area contributed by atoms with Crippen molar-refractivity contribution >= 4 is 22.0 Å². The molecule has 1 saturated heterocycles. The maximum atomic E-state index is 15.0. The Bertz CT molecular complexity index is 1460. The van der Waals surface area contributed by atoms with Crippen LogP contribution in [0.1, 0.15) is 16.5 Å². The topological polar surface area (TPSA) is 70.0 Å². The maximum Gasteiger partial charge on any atom is 0.230 e. The number of thiazole rings is 1. The minimum absolute atomic E-state index is 0.0653. The normalized spacial score (nSPS) is 15.7. The number of furan rings is 1. The number of benzene rings is 2. The summed E-state index contributed by atoms with van der Waals surface area (Å²) in [5.74, 6) is 0.203. The van der Waals surface area contributed by atoms with E-state index in [1.807, 2.05) is 0 Å². The van der Waals surface area contributed by atoms with Crippen molar-refractivity contribution < 1.29 is 18.3 Å². The number of nitrogens with zero attached hydrogens (tertiary/aromatic N) is 5. The molecule has 7 nitrogen and oxygen atoms in total. The van der Waals surface area contributed by atoms with E-state index in [0.29, 0.717) is 53.2 Å². The predicted octanol–water partition coefficient (Wildman–Crippen LogP) is 4.95. The molecule has 0 amide bonds. The van der Waals surface area contributed by atoms with Crippen LogP contribution in [0.25, 0.3) is 16.5 Å². The highest BCUT2D eigenvalue weighted by Gasteiger charge is 2.33. The van der Waals surface area contributed by atoms with Crippen molar-refractivity contribution in [1.29, 1.82) is 0 Å². The van der Waals surface area contributed by atoms with Crippen LogP contribution in [-0.2, 0) is 0 Å². The van der Waals surface area contributed by atoms with Gasteiger partial charge in [0.25, 0.3) is 0 Å². The van der Waals surface area contributed by atoms with Gasteiger partial charge in [-0.25, -0.2) is 8.78 Å². The molecule has 3 aromatic heterocycles. The van der Waals surface area contributed by atoms with Gasteiger partial charge in [-0.1, -0.05) is 29.5 Å². The molecule has 2 aromatic carbocycles. The molecule has 10 heteroatoms. The van der Waals surface area contributed by atoms with Gasteiger partial charge in [0.05, 0.1) is 17.2 Å². The first-order valence-corrected chi connectivity index (χ1v) is 12.0. The third kappa shape index (κ3) is 3.94. The summed E-state index contributed by atoms with van der Waals surface area (Å²) in [6.45, 7) is 2.61. The average Bonchev–Trinajstić information content (AvgIpc) is 3.61. The Morgan fingerprint density at radius 3 is 2.40 bits per heavy atom. The van der Waals surface area contributed by atoms with E-state index in [0.717, 1.165) is 5.69 Å². The third-order valence-corrected chi connectivity index (χ3v) is 7.33. The molecule has 0 aliphatic carbocycles. The maximum absolute atomic E-state index is 15.0.